The summed E-state index contributed by atoms with van der Waals surface area (Å²) in [5.74, 6) is 0. The maximum Gasteiger partial charge on any atom is 0.175 e. The summed E-state index contributed by atoms with van der Waals surface area (Å²) < 4.78 is 0. The molecule has 0 atom stereocenters. The Balaban J connectivity index is 0.000000211. The summed E-state index contributed by atoms with van der Waals surface area (Å²) in [4.78, 5) is 0. The molecule has 0 bridgehead atoms. The fourth-order valence-electron chi connectivity index (χ4n) is 1.33. The standard InChI is InChI=1S/C7H5Cl2NO.C7H6ClNO/c8-6-3-1-2-5(4-6)7(9)10-11;8-7-3-1-2-6(4-7)5-9-10/h1-4,11H;1-5,10H/b10-7-;9-5+. The van der Waals surface area contributed by atoms with Gasteiger partial charge in [-0.1, -0.05) is 69.4 Å². The number of rotatable bonds is 2. The van der Waals surface area contributed by atoms with Gasteiger partial charge in [0, 0.05) is 15.6 Å². The molecule has 21 heavy (non-hydrogen) atoms. The Labute approximate surface area is 136 Å². The van der Waals surface area contributed by atoms with Crippen LogP contribution in [0, 0.1) is 0 Å². The predicted octanol–water partition coefficient (Wildman–Crippen LogP) is 4.86. The van der Waals surface area contributed by atoms with E-state index in [4.69, 9.17) is 45.2 Å². The fourth-order valence-corrected chi connectivity index (χ4v) is 1.83. The van der Waals surface area contributed by atoms with Crippen LogP contribution in [0.3, 0.4) is 0 Å². The first kappa shape index (κ1) is 17.3. The molecule has 0 aliphatic rings. The highest BCUT2D eigenvalue weighted by atomic mass is 35.5. The molecule has 0 unspecified atom stereocenters. The normalized spacial score (nSPS) is 11.1. The third-order valence-electron chi connectivity index (χ3n) is 2.21. The van der Waals surface area contributed by atoms with Crippen LogP contribution in [0.4, 0.5) is 0 Å². The first-order chi connectivity index (χ1) is 10.1. The third kappa shape index (κ3) is 6.49. The summed E-state index contributed by atoms with van der Waals surface area (Å²) >= 11 is 16.8. The van der Waals surface area contributed by atoms with Gasteiger partial charge >= 0.3 is 0 Å². The van der Waals surface area contributed by atoms with Crippen molar-refractivity contribution in [2.24, 2.45) is 10.3 Å². The second-order valence-electron chi connectivity index (χ2n) is 3.70. The highest BCUT2D eigenvalue weighted by Gasteiger charge is 1.99. The van der Waals surface area contributed by atoms with Crippen molar-refractivity contribution in [2.45, 2.75) is 0 Å². The molecule has 110 valence electrons. The van der Waals surface area contributed by atoms with Gasteiger partial charge in [-0.2, -0.15) is 0 Å². The lowest BCUT2D eigenvalue weighted by Gasteiger charge is -1.95. The van der Waals surface area contributed by atoms with Gasteiger partial charge < -0.3 is 10.4 Å². The summed E-state index contributed by atoms with van der Waals surface area (Å²) in [7, 11) is 0. The smallest absolute Gasteiger partial charge is 0.175 e. The lowest BCUT2D eigenvalue weighted by atomic mass is 10.2. The van der Waals surface area contributed by atoms with Crippen molar-refractivity contribution in [1.82, 2.24) is 0 Å². The molecular weight excluding hydrogens is 335 g/mol. The van der Waals surface area contributed by atoms with Crippen LogP contribution in [0.1, 0.15) is 11.1 Å². The second-order valence-corrected chi connectivity index (χ2v) is 4.93. The van der Waals surface area contributed by atoms with Crippen LogP contribution < -0.4 is 0 Å². The van der Waals surface area contributed by atoms with Crippen molar-refractivity contribution in [3.8, 4) is 0 Å². The number of benzene rings is 2. The van der Waals surface area contributed by atoms with Crippen molar-refractivity contribution >= 4 is 46.2 Å². The average Bonchev–Trinajstić information content (AvgIpc) is 2.47. The van der Waals surface area contributed by atoms with Gasteiger partial charge in [0.25, 0.3) is 0 Å². The van der Waals surface area contributed by atoms with Crippen LogP contribution in [0.5, 0.6) is 0 Å². The lowest BCUT2D eigenvalue weighted by molar-refractivity contribution is 0.321. The van der Waals surface area contributed by atoms with Crippen LogP contribution in [-0.2, 0) is 0 Å². The maximum atomic E-state index is 8.29. The SMILES string of the molecule is O/N=C(\Cl)c1cccc(Cl)c1.O/N=C/c1cccc(Cl)c1. The van der Waals surface area contributed by atoms with Gasteiger partial charge in [0.1, 0.15) is 0 Å². The van der Waals surface area contributed by atoms with E-state index in [-0.39, 0.29) is 5.17 Å². The van der Waals surface area contributed by atoms with Crippen LogP contribution >= 0.6 is 34.8 Å². The van der Waals surface area contributed by atoms with E-state index in [2.05, 4.69) is 10.3 Å². The maximum absolute atomic E-state index is 8.29. The Hall–Kier alpha value is -1.75. The molecule has 4 nitrogen and oxygen atoms in total. The molecule has 0 heterocycles. The van der Waals surface area contributed by atoms with E-state index in [0.717, 1.165) is 5.56 Å². The Bertz CT molecular complexity index is 646. The van der Waals surface area contributed by atoms with Gasteiger partial charge in [-0.15, -0.1) is 0 Å². The lowest BCUT2D eigenvalue weighted by Crippen LogP contribution is -1.89. The Morgan fingerprint density at radius 1 is 0.952 bits per heavy atom. The summed E-state index contributed by atoms with van der Waals surface area (Å²) in [6.45, 7) is 0. The molecule has 7 heteroatoms. The predicted molar refractivity (Wildman–Crippen MR) is 86.5 cm³/mol. The quantitative estimate of drug-likeness (QED) is 0.463. The van der Waals surface area contributed by atoms with Gasteiger partial charge in [-0.25, -0.2) is 0 Å². The molecular formula is C14H11Cl3N2O2. The summed E-state index contributed by atoms with van der Waals surface area (Å²) in [6, 6.07) is 13.8. The zero-order valence-electron chi connectivity index (χ0n) is 10.6. The van der Waals surface area contributed by atoms with Gasteiger partial charge in [-0.3, -0.25) is 0 Å². The molecule has 0 aliphatic heterocycles. The fraction of sp³-hybridized carbons (Fsp3) is 0. The first-order valence-corrected chi connectivity index (χ1v) is 6.76. The number of oxime groups is 2. The molecule has 0 aromatic heterocycles. The van der Waals surface area contributed by atoms with Gasteiger partial charge in [0.15, 0.2) is 5.17 Å². The van der Waals surface area contributed by atoms with Crippen molar-refractivity contribution < 1.29 is 10.4 Å². The van der Waals surface area contributed by atoms with Crippen molar-refractivity contribution in [3.63, 3.8) is 0 Å². The number of nitrogens with zero attached hydrogens (tertiary/aromatic N) is 2. The molecule has 0 saturated heterocycles. The highest BCUT2D eigenvalue weighted by Crippen LogP contribution is 2.12. The minimum Gasteiger partial charge on any atom is -0.411 e. The summed E-state index contributed by atoms with van der Waals surface area (Å²) in [5.41, 5.74) is 1.39. The molecule has 0 spiro atoms. The molecule has 0 amide bonds. The van der Waals surface area contributed by atoms with Crippen molar-refractivity contribution in [3.05, 3.63) is 69.7 Å². The first-order valence-electron chi connectivity index (χ1n) is 5.63. The Kier molecular flexibility index (Phi) is 7.61. The largest absolute Gasteiger partial charge is 0.411 e. The zero-order valence-corrected chi connectivity index (χ0v) is 12.9. The minimum absolute atomic E-state index is 0.0347. The van der Waals surface area contributed by atoms with E-state index in [9.17, 15) is 0 Å². The Morgan fingerprint density at radius 3 is 2.10 bits per heavy atom. The van der Waals surface area contributed by atoms with Gasteiger partial charge in [0.2, 0.25) is 0 Å². The van der Waals surface area contributed by atoms with Crippen LogP contribution in [-0.4, -0.2) is 21.8 Å². The van der Waals surface area contributed by atoms with E-state index < -0.39 is 0 Å². The molecule has 0 fully saturated rings. The van der Waals surface area contributed by atoms with Crippen molar-refractivity contribution in [2.75, 3.05) is 0 Å². The van der Waals surface area contributed by atoms with Crippen LogP contribution in [0.15, 0.2) is 58.8 Å². The summed E-state index contributed by atoms with van der Waals surface area (Å²) in [5, 5.41) is 23.3. The molecule has 0 aliphatic carbocycles. The van der Waals surface area contributed by atoms with Crippen LogP contribution in [0.2, 0.25) is 10.0 Å². The topological polar surface area (TPSA) is 65.2 Å². The highest BCUT2D eigenvalue weighted by molar-refractivity contribution is 6.69. The summed E-state index contributed by atoms with van der Waals surface area (Å²) in [6.07, 6.45) is 1.33. The molecule has 2 aromatic rings. The molecule has 2 N–H and O–H groups in total. The zero-order chi connectivity index (χ0) is 15.7. The molecule has 2 rings (SSSR count). The van der Waals surface area contributed by atoms with E-state index >= 15 is 0 Å². The van der Waals surface area contributed by atoms with E-state index in [0.29, 0.717) is 15.6 Å². The molecule has 0 saturated carbocycles. The number of halogens is 3. The molecule has 0 radical (unpaired) electrons. The van der Waals surface area contributed by atoms with E-state index in [1.807, 2.05) is 0 Å². The minimum atomic E-state index is 0.0347. The number of hydrogen-bond donors (Lipinski definition) is 2. The second kappa shape index (κ2) is 9.23. The molecule has 2 aromatic carbocycles. The van der Waals surface area contributed by atoms with Gasteiger partial charge in [-0.05, 0) is 29.8 Å². The average molecular weight is 346 g/mol. The monoisotopic (exact) mass is 344 g/mol. The van der Waals surface area contributed by atoms with Gasteiger partial charge in [0.05, 0.1) is 6.21 Å². The van der Waals surface area contributed by atoms with E-state index in [1.54, 1.807) is 48.5 Å². The van der Waals surface area contributed by atoms with Crippen molar-refractivity contribution in [1.29, 1.82) is 0 Å². The Morgan fingerprint density at radius 2 is 1.57 bits per heavy atom. The third-order valence-corrected chi connectivity index (χ3v) is 2.97. The van der Waals surface area contributed by atoms with E-state index in [1.165, 1.54) is 6.21 Å². The number of hydrogen-bond acceptors (Lipinski definition) is 4. The van der Waals surface area contributed by atoms with Crippen LogP contribution in [0.25, 0.3) is 0 Å².